The number of unbranched alkanes of at least 4 members (excludes halogenated alkanes) is 15. The van der Waals surface area contributed by atoms with Gasteiger partial charge in [0.05, 0.1) is 0 Å². The minimum atomic E-state index is -0.795. The molecule has 0 fully saturated rings. The van der Waals surface area contributed by atoms with Gasteiger partial charge in [-0.25, -0.2) is 0 Å². The van der Waals surface area contributed by atoms with E-state index in [1.807, 2.05) is 0 Å². The van der Waals surface area contributed by atoms with Crippen LogP contribution in [0, 0.1) is 0 Å². The Balaban J connectivity index is 1.44. The molecule has 0 aliphatic carbocycles. The predicted octanol–water partition coefficient (Wildman–Crippen LogP) is 8.84. The van der Waals surface area contributed by atoms with Crippen molar-refractivity contribution in [1.82, 2.24) is 0 Å². The number of aromatic hydroxyl groups is 4. The second kappa shape index (κ2) is 17.3. The van der Waals surface area contributed by atoms with Crippen molar-refractivity contribution >= 4 is 16.9 Å². The van der Waals surface area contributed by atoms with Crippen molar-refractivity contribution < 1.29 is 34.4 Å². The molecule has 1 aromatic heterocycles. The SMILES string of the molecule is CCCCCCCCCCCCCCCCCCC(=O)Oc1c(-c2ccc(O)c(O)c2)oc2cc(O)cc(O)c2c1=O. The smallest absolute Gasteiger partial charge is 0.311 e. The van der Waals surface area contributed by atoms with Crippen LogP contribution in [-0.2, 0) is 4.79 Å². The Morgan fingerprint density at radius 3 is 1.79 bits per heavy atom. The molecular formula is C34H46O8. The molecule has 0 saturated heterocycles. The fraction of sp³-hybridized carbons (Fsp3) is 0.529. The van der Waals surface area contributed by atoms with Gasteiger partial charge in [0.15, 0.2) is 17.3 Å². The third-order valence-corrected chi connectivity index (χ3v) is 7.61. The van der Waals surface area contributed by atoms with E-state index in [1.165, 1.54) is 89.2 Å². The van der Waals surface area contributed by atoms with Gasteiger partial charge < -0.3 is 29.6 Å². The van der Waals surface area contributed by atoms with Gasteiger partial charge in [-0.15, -0.1) is 0 Å². The summed E-state index contributed by atoms with van der Waals surface area (Å²) < 4.78 is 11.2. The lowest BCUT2D eigenvalue weighted by Crippen LogP contribution is -2.16. The number of benzene rings is 2. The molecule has 3 rings (SSSR count). The van der Waals surface area contributed by atoms with Gasteiger partial charge >= 0.3 is 5.97 Å². The van der Waals surface area contributed by atoms with Crippen LogP contribution in [0.3, 0.4) is 0 Å². The number of hydrogen-bond donors (Lipinski definition) is 4. The van der Waals surface area contributed by atoms with Gasteiger partial charge in [0.25, 0.3) is 0 Å². The number of carbonyl (C=O) groups excluding carboxylic acids is 1. The Morgan fingerprint density at radius 1 is 0.690 bits per heavy atom. The summed E-state index contributed by atoms with van der Waals surface area (Å²) in [5.41, 5.74) is -0.758. The molecule has 0 atom stereocenters. The van der Waals surface area contributed by atoms with Crippen LogP contribution in [0.25, 0.3) is 22.3 Å². The van der Waals surface area contributed by atoms with Crippen LogP contribution in [-0.4, -0.2) is 26.4 Å². The normalized spacial score (nSPS) is 11.3. The number of phenols is 4. The molecule has 0 saturated carbocycles. The minimum Gasteiger partial charge on any atom is -0.508 e. The quantitative estimate of drug-likeness (QED) is 0.0625. The molecule has 8 nitrogen and oxygen atoms in total. The van der Waals surface area contributed by atoms with Crippen molar-refractivity contribution in [2.75, 3.05) is 0 Å². The second-order valence-corrected chi connectivity index (χ2v) is 11.2. The highest BCUT2D eigenvalue weighted by atomic mass is 16.5. The number of rotatable bonds is 19. The average Bonchev–Trinajstić information content (AvgIpc) is 2.95. The van der Waals surface area contributed by atoms with E-state index in [1.54, 1.807) is 0 Å². The molecule has 0 bridgehead atoms. The summed E-state index contributed by atoms with van der Waals surface area (Å²) in [6.45, 7) is 2.25. The van der Waals surface area contributed by atoms with Crippen molar-refractivity contribution in [1.29, 1.82) is 0 Å². The first-order valence-electron chi connectivity index (χ1n) is 15.6. The average molecular weight is 583 g/mol. The lowest BCUT2D eigenvalue weighted by atomic mass is 10.0. The maximum Gasteiger partial charge on any atom is 0.311 e. The van der Waals surface area contributed by atoms with Crippen LogP contribution in [0.1, 0.15) is 116 Å². The Labute approximate surface area is 248 Å². The molecule has 0 aliphatic rings. The van der Waals surface area contributed by atoms with Crippen LogP contribution in [0.4, 0.5) is 0 Å². The van der Waals surface area contributed by atoms with Gasteiger partial charge in [0.1, 0.15) is 22.5 Å². The second-order valence-electron chi connectivity index (χ2n) is 11.2. The highest BCUT2D eigenvalue weighted by Gasteiger charge is 2.23. The Kier molecular flexibility index (Phi) is 13.5. The predicted molar refractivity (Wildman–Crippen MR) is 164 cm³/mol. The molecule has 2 aromatic carbocycles. The van der Waals surface area contributed by atoms with Crippen LogP contribution >= 0.6 is 0 Å². The topological polar surface area (TPSA) is 137 Å². The summed E-state index contributed by atoms with van der Waals surface area (Å²) in [6, 6.07) is 5.90. The molecule has 230 valence electrons. The van der Waals surface area contributed by atoms with Gasteiger partial charge in [-0.3, -0.25) is 9.59 Å². The molecule has 0 spiro atoms. The number of carbonyl (C=O) groups is 1. The Morgan fingerprint density at radius 2 is 1.24 bits per heavy atom. The zero-order valence-corrected chi connectivity index (χ0v) is 24.8. The molecule has 0 amide bonds. The number of fused-ring (bicyclic) bond motifs is 1. The van der Waals surface area contributed by atoms with Crippen LogP contribution < -0.4 is 10.2 Å². The van der Waals surface area contributed by atoms with Crippen molar-refractivity contribution in [3.63, 3.8) is 0 Å². The molecule has 0 unspecified atom stereocenters. The summed E-state index contributed by atoms with van der Waals surface area (Å²) in [5, 5.41) is 39.5. The number of phenolic OH excluding ortho intramolecular Hbond substituents is 4. The standard InChI is InChI=1S/C34H46O8/c1-2-3-4-5-6-7-8-9-10-11-12-13-14-15-16-17-18-30(39)42-34-32(40)31-28(38)22-25(35)23-29(31)41-33(34)24-19-20-26(36)27(37)21-24/h19-23,35-38H,2-18H2,1H3. The fourth-order valence-electron chi connectivity index (χ4n) is 5.20. The zero-order chi connectivity index (χ0) is 30.3. The van der Waals surface area contributed by atoms with Gasteiger partial charge in [-0.05, 0) is 24.6 Å². The van der Waals surface area contributed by atoms with E-state index >= 15 is 0 Å². The summed E-state index contributed by atoms with van der Waals surface area (Å²) in [6.07, 6.45) is 19.7. The van der Waals surface area contributed by atoms with Crippen LogP contribution in [0.5, 0.6) is 28.7 Å². The Bertz CT molecular complexity index is 1340. The summed E-state index contributed by atoms with van der Waals surface area (Å²) in [7, 11) is 0. The first kappa shape index (κ1) is 32.8. The van der Waals surface area contributed by atoms with Crippen LogP contribution in [0.15, 0.2) is 39.5 Å². The van der Waals surface area contributed by atoms with Crippen molar-refractivity contribution in [2.45, 2.75) is 116 Å². The van der Waals surface area contributed by atoms with Gasteiger partial charge in [0, 0.05) is 24.1 Å². The summed E-state index contributed by atoms with van der Waals surface area (Å²) in [5.74, 6) is -2.90. The first-order valence-corrected chi connectivity index (χ1v) is 15.6. The fourth-order valence-corrected chi connectivity index (χ4v) is 5.20. The monoisotopic (exact) mass is 582 g/mol. The van der Waals surface area contributed by atoms with E-state index in [-0.39, 0.29) is 40.2 Å². The summed E-state index contributed by atoms with van der Waals surface area (Å²) >= 11 is 0. The molecular weight excluding hydrogens is 536 g/mol. The van der Waals surface area contributed by atoms with Crippen molar-refractivity contribution in [2.24, 2.45) is 0 Å². The third kappa shape index (κ3) is 10.00. The minimum absolute atomic E-state index is 0.109. The van der Waals surface area contributed by atoms with E-state index in [0.717, 1.165) is 37.5 Å². The lowest BCUT2D eigenvalue weighted by Gasteiger charge is -2.12. The van der Waals surface area contributed by atoms with E-state index in [0.29, 0.717) is 6.42 Å². The maximum absolute atomic E-state index is 13.3. The van der Waals surface area contributed by atoms with E-state index < -0.39 is 28.6 Å². The highest BCUT2D eigenvalue weighted by Crippen LogP contribution is 2.38. The zero-order valence-electron chi connectivity index (χ0n) is 24.8. The Hall–Kier alpha value is -3.68. The van der Waals surface area contributed by atoms with Gasteiger partial charge in [0.2, 0.25) is 11.2 Å². The number of ether oxygens (including phenoxy) is 1. The molecule has 0 aliphatic heterocycles. The number of esters is 1. The molecule has 42 heavy (non-hydrogen) atoms. The molecule has 1 heterocycles. The molecule has 4 N–H and O–H groups in total. The van der Waals surface area contributed by atoms with E-state index in [9.17, 15) is 30.0 Å². The largest absolute Gasteiger partial charge is 0.508 e. The molecule has 3 aromatic rings. The third-order valence-electron chi connectivity index (χ3n) is 7.61. The van der Waals surface area contributed by atoms with Gasteiger partial charge in [-0.1, -0.05) is 103 Å². The molecule has 8 heteroatoms. The van der Waals surface area contributed by atoms with Crippen LogP contribution in [0.2, 0.25) is 0 Å². The van der Waals surface area contributed by atoms with Crippen molar-refractivity contribution in [3.8, 4) is 40.1 Å². The number of hydrogen-bond acceptors (Lipinski definition) is 8. The lowest BCUT2D eigenvalue weighted by molar-refractivity contribution is -0.134. The van der Waals surface area contributed by atoms with E-state index in [2.05, 4.69) is 6.92 Å². The van der Waals surface area contributed by atoms with E-state index in [4.69, 9.17) is 9.15 Å². The van der Waals surface area contributed by atoms with Crippen molar-refractivity contribution in [3.05, 3.63) is 40.6 Å². The first-order chi connectivity index (χ1) is 20.3. The summed E-state index contributed by atoms with van der Waals surface area (Å²) in [4.78, 5) is 26.0. The maximum atomic E-state index is 13.3. The van der Waals surface area contributed by atoms with Gasteiger partial charge in [-0.2, -0.15) is 0 Å². The highest BCUT2D eigenvalue weighted by molar-refractivity contribution is 5.89. The molecule has 0 radical (unpaired) electrons.